The third kappa shape index (κ3) is 6.01. The van der Waals surface area contributed by atoms with Crippen molar-refractivity contribution in [1.29, 1.82) is 0 Å². The van der Waals surface area contributed by atoms with E-state index < -0.39 is 0 Å². The van der Waals surface area contributed by atoms with E-state index in [0.717, 1.165) is 19.7 Å². The Balaban J connectivity index is 3.12. The van der Waals surface area contributed by atoms with Crippen LogP contribution in [-0.2, 0) is 4.84 Å². The lowest BCUT2D eigenvalue weighted by Crippen LogP contribution is -2.28. The van der Waals surface area contributed by atoms with E-state index in [1.54, 1.807) is 0 Å². The quantitative estimate of drug-likeness (QED) is 0.523. The molecule has 0 N–H and O–H groups in total. The van der Waals surface area contributed by atoms with Crippen molar-refractivity contribution in [2.45, 2.75) is 6.92 Å². The smallest absolute Gasteiger partial charge is 0.0656 e. The van der Waals surface area contributed by atoms with E-state index in [1.165, 1.54) is 0 Å². The van der Waals surface area contributed by atoms with Gasteiger partial charge in [-0.25, -0.2) is 0 Å². The van der Waals surface area contributed by atoms with Crippen molar-refractivity contribution in [3.8, 4) is 0 Å². The number of hydrogen-bond acceptors (Lipinski definition) is 3. The van der Waals surface area contributed by atoms with E-state index in [1.807, 2.05) is 19.0 Å². The van der Waals surface area contributed by atoms with Crippen molar-refractivity contribution >= 4 is 0 Å². The normalized spacial score (nSPS) is 11.4. The van der Waals surface area contributed by atoms with Gasteiger partial charge in [0.1, 0.15) is 0 Å². The van der Waals surface area contributed by atoms with Gasteiger partial charge in [0.25, 0.3) is 0 Å². The molecule has 0 atom stereocenters. The van der Waals surface area contributed by atoms with E-state index in [0.29, 0.717) is 0 Å². The number of rotatable bonds is 5. The Morgan fingerprint density at radius 3 is 2.10 bits per heavy atom. The maximum absolute atomic E-state index is 5.20. The molecule has 0 aromatic heterocycles. The summed E-state index contributed by atoms with van der Waals surface area (Å²) in [5.41, 5.74) is 0. The Hall–Kier alpha value is -0.120. The molecule has 0 aromatic carbocycles. The monoisotopic (exact) mass is 146 g/mol. The second-order valence-corrected chi connectivity index (χ2v) is 2.57. The lowest BCUT2D eigenvalue weighted by molar-refractivity contribution is -0.135. The highest BCUT2D eigenvalue weighted by Gasteiger charge is 1.96. The first kappa shape index (κ1) is 9.88. The molecule has 0 amide bonds. The minimum absolute atomic E-state index is 0.754. The minimum atomic E-state index is 0.754. The van der Waals surface area contributed by atoms with Crippen LogP contribution in [0.25, 0.3) is 0 Å². The fourth-order valence-electron chi connectivity index (χ4n) is 0.626. The average molecular weight is 146 g/mol. The molecule has 0 aliphatic carbocycles. The number of hydrogen-bond donors (Lipinski definition) is 0. The van der Waals surface area contributed by atoms with Crippen LogP contribution in [0.1, 0.15) is 6.92 Å². The fourth-order valence-corrected chi connectivity index (χ4v) is 0.626. The molecule has 0 unspecified atom stereocenters. The average Bonchev–Trinajstić information content (AvgIpc) is 1.85. The van der Waals surface area contributed by atoms with Gasteiger partial charge in [-0.05, 0) is 21.0 Å². The van der Waals surface area contributed by atoms with Gasteiger partial charge in [0.05, 0.1) is 6.61 Å². The summed E-state index contributed by atoms with van der Waals surface area (Å²) in [6.07, 6.45) is 0. The number of nitrogens with zero attached hydrogens (tertiary/aromatic N) is 2. The SMILES string of the molecule is CCON(C)CCN(C)C. The second kappa shape index (κ2) is 5.65. The summed E-state index contributed by atoms with van der Waals surface area (Å²) in [5.74, 6) is 0. The number of hydroxylamine groups is 2. The molecule has 0 radical (unpaired) electrons. The van der Waals surface area contributed by atoms with Crippen LogP contribution in [-0.4, -0.2) is 50.8 Å². The molecular weight excluding hydrogens is 128 g/mol. The lowest BCUT2D eigenvalue weighted by atomic mass is 10.6. The Bertz CT molecular complexity index is 76.0. The van der Waals surface area contributed by atoms with Gasteiger partial charge in [-0.3, -0.25) is 4.84 Å². The standard InChI is InChI=1S/C7H18N2O/c1-5-10-9(4)7-6-8(2)3/h5-7H2,1-4H3. The van der Waals surface area contributed by atoms with Gasteiger partial charge >= 0.3 is 0 Å². The molecule has 62 valence electrons. The van der Waals surface area contributed by atoms with Crippen LogP contribution >= 0.6 is 0 Å². The summed E-state index contributed by atoms with van der Waals surface area (Å²) >= 11 is 0. The molecule has 0 saturated carbocycles. The van der Waals surface area contributed by atoms with Gasteiger partial charge in [-0.1, -0.05) is 0 Å². The first-order valence-electron chi connectivity index (χ1n) is 3.65. The van der Waals surface area contributed by atoms with E-state index in [2.05, 4.69) is 19.0 Å². The van der Waals surface area contributed by atoms with Crippen molar-refractivity contribution in [1.82, 2.24) is 9.96 Å². The van der Waals surface area contributed by atoms with Crippen LogP contribution < -0.4 is 0 Å². The van der Waals surface area contributed by atoms with Crippen molar-refractivity contribution in [2.24, 2.45) is 0 Å². The van der Waals surface area contributed by atoms with Crippen LogP contribution in [0.15, 0.2) is 0 Å². The van der Waals surface area contributed by atoms with Gasteiger partial charge in [0.15, 0.2) is 0 Å². The zero-order chi connectivity index (χ0) is 7.98. The maximum Gasteiger partial charge on any atom is 0.0656 e. The van der Waals surface area contributed by atoms with E-state index >= 15 is 0 Å². The van der Waals surface area contributed by atoms with E-state index in [9.17, 15) is 0 Å². The largest absolute Gasteiger partial charge is 0.308 e. The van der Waals surface area contributed by atoms with E-state index in [4.69, 9.17) is 4.84 Å². The molecule has 0 saturated heterocycles. The molecule has 0 aromatic rings. The summed E-state index contributed by atoms with van der Waals surface area (Å²) in [6.45, 7) is 4.74. The molecule has 0 rings (SSSR count). The van der Waals surface area contributed by atoms with Crippen molar-refractivity contribution in [3.05, 3.63) is 0 Å². The highest BCUT2D eigenvalue weighted by atomic mass is 16.7. The van der Waals surface area contributed by atoms with Crippen molar-refractivity contribution < 1.29 is 4.84 Å². The van der Waals surface area contributed by atoms with Gasteiger partial charge in [0.2, 0.25) is 0 Å². The molecular formula is C7H18N2O. The molecule has 3 heteroatoms. The van der Waals surface area contributed by atoms with Gasteiger partial charge in [-0.15, -0.1) is 0 Å². The van der Waals surface area contributed by atoms with Crippen LogP contribution in [0.3, 0.4) is 0 Å². The van der Waals surface area contributed by atoms with Crippen molar-refractivity contribution in [2.75, 3.05) is 40.8 Å². The predicted molar refractivity (Wildman–Crippen MR) is 42.8 cm³/mol. The molecule has 0 bridgehead atoms. The van der Waals surface area contributed by atoms with Crippen LogP contribution in [0.4, 0.5) is 0 Å². The molecule has 3 nitrogen and oxygen atoms in total. The van der Waals surface area contributed by atoms with Gasteiger partial charge in [0, 0.05) is 20.1 Å². The molecule has 0 fully saturated rings. The predicted octanol–water partition coefficient (Wildman–Crippen LogP) is 0.431. The third-order valence-electron chi connectivity index (χ3n) is 1.21. The van der Waals surface area contributed by atoms with Crippen LogP contribution in [0, 0.1) is 0 Å². The second-order valence-electron chi connectivity index (χ2n) is 2.57. The molecule has 0 aliphatic heterocycles. The zero-order valence-electron chi connectivity index (χ0n) is 7.42. The Kier molecular flexibility index (Phi) is 5.58. The van der Waals surface area contributed by atoms with Crippen LogP contribution in [0.5, 0.6) is 0 Å². The minimum Gasteiger partial charge on any atom is -0.308 e. The van der Waals surface area contributed by atoms with Crippen LogP contribution in [0.2, 0.25) is 0 Å². The summed E-state index contributed by atoms with van der Waals surface area (Å²) in [7, 11) is 6.06. The first-order valence-corrected chi connectivity index (χ1v) is 3.65. The number of likely N-dealkylation sites (N-methyl/N-ethyl adjacent to an activating group) is 2. The van der Waals surface area contributed by atoms with Crippen molar-refractivity contribution in [3.63, 3.8) is 0 Å². The first-order chi connectivity index (χ1) is 4.66. The molecule has 0 aliphatic rings. The lowest BCUT2D eigenvalue weighted by Gasteiger charge is -2.17. The van der Waals surface area contributed by atoms with E-state index in [-0.39, 0.29) is 0 Å². The Labute approximate surface area is 63.5 Å². The van der Waals surface area contributed by atoms with Gasteiger partial charge < -0.3 is 4.90 Å². The fraction of sp³-hybridized carbons (Fsp3) is 1.00. The van der Waals surface area contributed by atoms with Gasteiger partial charge in [-0.2, -0.15) is 5.06 Å². The summed E-state index contributed by atoms with van der Waals surface area (Å²) in [6, 6.07) is 0. The summed E-state index contributed by atoms with van der Waals surface area (Å²) in [5, 5.41) is 1.86. The highest BCUT2D eigenvalue weighted by molar-refractivity contribution is 4.43. The topological polar surface area (TPSA) is 15.7 Å². The zero-order valence-corrected chi connectivity index (χ0v) is 7.42. The Morgan fingerprint density at radius 2 is 1.70 bits per heavy atom. The maximum atomic E-state index is 5.20. The molecule has 0 spiro atoms. The highest BCUT2D eigenvalue weighted by Crippen LogP contribution is 1.84. The summed E-state index contributed by atoms with van der Waals surface area (Å²) < 4.78 is 0. The summed E-state index contributed by atoms with van der Waals surface area (Å²) in [4.78, 5) is 7.33. The molecule has 10 heavy (non-hydrogen) atoms. The molecule has 0 heterocycles. The Morgan fingerprint density at radius 1 is 1.10 bits per heavy atom. The third-order valence-corrected chi connectivity index (χ3v) is 1.21.